The first-order valence-electron chi connectivity index (χ1n) is 18.2. The van der Waals surface area contributed by atoms with Gasteiger partial charge >= 0.3 is 0 Å². The Morgan fingerprint density at radius 3 is 2.00 bits per heavy atom. The molecule has 4 heterocycles. The van der Waals surface area contributed by atoms with Gasteiger partial charge in [0.15, 0.2) is 11.6 Å². The Hall–Kier alpha value is -5.46. The van der Waals surface area contributed by atoms with Crippen molar-refractivity contribution in [2.75, 3.05) is 11.9 Å². The molecule has 5 nitrogen and oxygen atoms in total. The van der Waals surface area contributed by atoms with E-state index in [1.807, 2.05) is 66.3 Å². The molecule has 0 spiro atoms. The molecule has 7 aromatic rings. The maximum Gasteiger partial charge on any atom is 0.298 e. The van der Waals surface area contributed by atoms with Crippen molar-refractivity contribution in [1.29, 1.82) is 0 Å². The number of hydrogen-bond acceptors (Lipinski definition) is 6. The van der Waals surface area contributed by atoms with Gasteiger partial charge in [-0.25, -0.2) is 13.2 Å². The summed E-state index contributed by atoms with van der Waals surface area (Å²) in [7, 11) is -3.45. The molecule has 0 bridgehead atoms. The fraction of sp³-hybridized carbons (Fsp3) is 0.130. The standard InChI is InChI=1S/C46H32F3NO4S3/c1-24-27-21-37-30(19-28(27)42-32(15-17-55-42)45(24,2)25-11-7-5-8-12-25)39(40-41(49)34(47)22-35(48)44(40)57(51,52)53)31-20-29-36(23-38(31)54-37)50(4)46(3,26-13-9-6-10-14-26)33-16-18-56-43(29)33/h5-23H,1-4H3,(H,51,52,53). The Kier molecular flexibility index (Phi) is 7.73. The lowest BCUT2D eigenvalue weighted by atomic mass is 9.67. The molecular weight excluding hydrogens is 784 g/mol. The van der Waals surface area contributed by atoms with Crippen LogP contribution in [-0.4, -0.2) is 20.0 Å². The van der Waals surface area contributed by atoms with Crippen LogP contribution in [0.4, 0.5) is 18.9 Å². The lowest BCUT2D eigenvalue weighted by Crippen LogP contribution is -2.44. The molecule has 284 valence electrons. The first-order valence-corrected chi connectivity index (χ1v) is 21.4. The minimum Gasteiger partial charge on any atom is -0.456 e. The van der Waals surface area contributed by atoms with Gasteiger partial charge in [-0.1, -0.05) is 66.2 Å². The summed E-state index contributed by atoms with van der Waals surface area (Å²) < 4.78 is 91.0. The highest BCUT2D eigenvalue weighted by atomic mass is 32.2. The number of ether oxygens (including phenoxy) is 1. The predicted octanol–water partition coefficient (Wildman–Crippen LogP) is 10.4. The van der Waals surface area contributed by atoms with E-state index >= 15 is 13.2 Å². The molecule has 2 atom stereocenters. The van der Waals surface area contributed by atoms with E-state index in [9.17, 15) is 13.0 Å². The van der Waals surface area contributed by atoms with E-state index in [0.717, 1.165) is 59.6 Å². The summed E-state index contributed by atoms with van der Waals surface area (Å²) in [5.74, 6) is -4.38. The van der Waals surface area contributed by atoms with Crippen LogP contribution in [0, 0.1) is 17.5 Å². The topological polar surface area (TPSA) is 66.8 Å². The van der Waals surface area contributed by atoms with Gasteiger partial charge in [0.05, 0.1) is 5.54 Å². The van der Waals surface area contributed by atoms with Crippen molar-refractivity contribution >= 4 is 49.6 Å². The Bertz CT molecular complexity index is 3120. The number of benzene rings is 5. The molecule has 11 heteroatoms. The van der Waals surface area contributed by atoms with Crippen molar-refractivity contribution in [2.24, 2.45) is 0 Å². The fourth-order valence-electron chi connectivity index (χ4n) is 9.21. The first-order chi connectivity index (χ1) is 27.2. The van der Waals surface area contributed by atoms with Crippen LogP contribution in [0.1, 0.15) is 54.2 Å². The summed E-state index contributed by atoms with van der Waals surface area (Å²) in [5, 5.41) is 5.08. The minimum atomic E-state index is -5.43. The third kappa shape index (κ3) is 4.86. The third-order valence-corrected chi connectivity index (χ3v) is 15.2. The van der Waals surface area contributed by atoms with Gasteiger partial charge in [-0.3, -0.25) is 4.55 Å². The molecule has 5 aromatic carbocycles. The van der Waals surface area contributed by atoms with Crippen LogP contribution >= 0.6 is 22.7 Å². The van der Waals surface area contributed by atoms with Crippen LogP contribution in [-0.2, 0) is 21.1 Å². The average molecular weight is 816 g/mol. The molecule has 0 amide bonds. The zero-order valence-electron chi connectivity index (χ0n) is 30.9. The molecule has 57 heavy (non-hydrogen) atoms. The number of thiophene rings is 2. The summed E-state index contributed by atoms with van der Waals surface area (Å²) >= 11 is 3.05. The van der Waals surface area contributed by atoms with Crippen molar-refractivity contribution in [1.82, 2.24) is 0 Å². The number of anilines is 1. The van der Waals surface area contributed by atoms with Crippen LogP contribution in [0.2, 0.25) is 0 Å². The number of nitrogens with zero attached hydrogens (tertiary/aromatic N) is 1. The Labute approximate surface area is 335 Å². The number of rotatable bonds is 4. The molecule has 0 saturated heterocycles. The molecule has 10 rings (SSSR count). The first kappa shape index (κ1) is 35.9. The Balaban J connectivity index is 1.34. The number of fused-ring (bicyclic) bond motifs is 8. The molecule has 2 unspecified atom stereocenters. The second-order valence-electron chi connectivity index (χ2n) is 15.0. The van der Waals surface area contributed by atoms with Gasteiger partial charge in [-0.15, -0.1) is 22.7 Å². The maximum absolute atomic E-state index is 16.5. The molecule has 2 aliphatic heterocycles. The van der Waals surface area contributed by atoms with Gasteiger partial charge in [-0.2, -0.15) is 8.42 Å². The summed E-state index contributed by atoms with van der Waals surface area (Å²) in [6.45, 7) is 6.38. The quantitative estimate of drug-likeness (QED) is 0.142. The Morgan fingerprint density at radius 1 is 0.702 bits per heavy atom. The highest BCUT2D eigenvalue weighted by Crippen LogP contribution is 2.56. The lowest BCUT2D eigenvalue weighted by molar-refractivity contribution is 0.453. The minimum absolute atomic E-state index is 0.121. The molecule has 1 N–H and O–H groups in total. The molecule has 1 aliphatic carbocycles. The number of hydrogen-bond donors (Lipinski definition) is 1. The van der Waals surface area contributed by atoms with E-state index in [1.165, 1.54) is 22.7 Å². The molecular formula is C46H32F3NO4S3. The van der Waals surface area contributed by atoms with E-state index < -0.39 is 49.0 Å². The van der Waals surface area contributed by atoms with Crippen molar-refractivity contribution in [3.63, 3.8) is 0 Å². The molecule has 3 aliphatic rings. The largest absolute Gasteiger partial charge is 0.456 e. The van der Waals surface area contributed by atoms with E-state index in [1.54, 1.807) is 12.1 Å². The van der Waals surface area contributed by atoms with Crippen molar-refractivity contribution in [3.05, 3.63) is 175 Å². The zero-order chi connectivity index (χ0) is 39.8. The van der Waals surface area contributed by atoms with E-state index in [0.29, 0.717) is 0 Å². The van der Waals surface area contributed by atoms with Gasteiger partial charge in [0.25, 0.3) is 10.1 Å². The van der Waals surface area contributed by atoms with E-state index in [2.05, 4.69) is 62.1 Å². The van der Waals surface area contributed by atoms with Crippen molar-refractivity contribution in [3.8, 4) is 32.4 Å². The second kappa shape index (κ2) is 12.3. The lowest BCUT2D eigenvalue weighted by Gasteiger charge is -2.46. The van der Waals surface area contributed by atoms with E-state index in [4.69, 9.17) is 4.74 Å². The highest BCUT2D eigenvalue weighted by molar-refractivity contribution is 7.86. The normalized spacial score (nSPS) is 19.2. The van der Waals surface area contributed by atoms with Gasteiger partial charge in [0, 0.05) is 78.6 Å². The van der Waals surface area contributed by atoms with Gasteiger partial charge in [0.1, 0.15) is 22.2 Å². The fourth-order valence-corrected chi connectivity index (χ4v) is 12.0. The maximum atomic E-state index is 16.5. The van der Waals surface area contributed by atoms with Crippen LogP contribution in [0.3, 0.4) is 0 Å². The van der Waals surface area contributed by atoms with Crippen LogP contribution in [0.5, 0.6) is 11.5 Å². The Morgan fingerprint density at radius 2 is 1.33 bits per heavy atom. The average Bonchev–Trinajstić information content (AvgIpc) is 3.91. The summed E-state index contributed by atoms with van der Waals surface area (Å²) in [6, 6.07) is 31.8. The smallest absolute Gasteiger partial charge is 0.298 e. The van der Waals surface area contributed by atoms with Crippen LogP contribution in [0.15, 0.2) is 119 Å². The van der Waals surface area contributed by atoms with E-state index in [-0.39, 0.29) is 33.9 Å². The molecule has 0 saturated carbocycles. The van der Waals surface area contributed by atoms with Gasteiger partial charge in [0.2, 0.25) is 0 Å². The van der Waals surface area contributed by atoms with Crippen molar-refractivity contribution in [2.45, 2.75) is 36.6 Å². The van der Waals surface area contributed by atoms with Gasteiger partial charge < -0.3 is 9.64 Å². The zero-order valence-corrected chi connectivity index (χ0v) is 33.4. The predicted molar refractivity (Wildman–Crippen MR) is 220 cm³/mol. The monoisotopic (exact) mass is 815 g/mol. The summed E-state index contributed by atoms with van der Waals surface area (Å²) in [5.41, 5.74) is 5.54. The van der Waals surface area contributed by atoms with Crippen LogP contribution in [0.25, 0.3) is 32.0 Å². The molecule has 0 fully saturated rings. The summed E-state index contributed by atoms with van der Waals surface area (Å²) in [6.07, 6.45) is 0. The van der Waals surface area contributed by atoms with Gasteiger partial charge in [-0.05, 0) is 83.8 Å². The SMILES string of the molecule is CC1=c2cc3c(cc2-c2sccc2C1(C)c1ccccc1)=C(c1c(F)c(F)cc(F)c1S(=O)(=O)O)c1cc2c(cc1O3)N(C)C(C)(c1ccccc1)c1ccsc1-2. The summed E-state index contributed by atoms with van der Waals surface area (Å²) in [4.78, 5) is 2.65. The second-order valence-corrected chi connectivity index (χ2v) is 18.2. The number of halogens is 3. The van der Waals surface area contributed by atoms with Crippen molar-refractivity contribution < 1.29 is 30.9 Å². The highest BCUT2D eigenvalue weighted by Gasteiger charge is 2.44. The third-order valence-electron chi connectivity index (χ3n) is 12.4. The molecule has 0 radical (unpaired) electrons. The molecule has 2 aromatic heterocycles. The van der Waals surface area contributed by atoms with Crippen LogP contribution < -0.4 is 20.1 Å².